The molecule has 0 aliphatic rings. The zero-order valence-corrected chi connectivity index (χ0v) is 21.4. The van der Waals surface area contributed by atoms with Crippen LogP contribution >= 0.6 is 7.82 Å². The van der Waals surface area contributed by atoms with Gasteiger partial charge in [-0.15, -0.1) is 0 Å². The molecule has 0 fully saturated rings. The predicted octanol–water partition coefficient (Wildman–Crippen LogP) is 4.19. The van der Waals surface area contributed by atoms with Crippen molar-refractivity contribution < 1.29 is 43.4 Å². The van der Waals surface area contributed by atoms with Gasteiger partial charge in [0.25, 0.3) is 0 Å². The fourth-order valence-corrected chi connectivity index (χ4v) is 3.69. The van der Waals surface area contributed by atoms with Crippen molar-refractivity contribution in [3.8, 4) is 0 Å². The highest BCUT2D eigenvalue weighted by Crippen LogP contribution is 2.43. The second-order valence-electron chi connectivity index (χ2n) is 8.17. The topological polar surface area (TPSA) is 143 Å². The van der Waals surface area contributed by atoms with Crippen molar-refractivity contribution in [2.24, 2.45) is 0 Å². The number of ether oxygens (including phenoxy) is 1. The van der Waals surface area contributed by atoms with Gasteiger partial charge in [0, 0.05) is 6.42 Å². The number of phosphoric ester groups is 1. The molecule has 0 aromatic rings. The first kappa shape index (κ1) is 32.9. The summed E-state index contributed by atoms with van der Waals surface area (Å²) in [5.41, 5.74) is 0. The lowest BCUT2D eigenvalue weighted by molar-refractivity contribution is -0.153. The fraction of sp³-hybridized carbons (Fsp3) is 0.792. The first-order valence-corrected chi connectivity index (χ1v) is 13.8. The van der Waals surface area contributed by atoms with E-state index in [0.717, 1.165) is 38.5 Å². The van der Waals surface area contributed by atoms with Crippen molar-refractivity contribution in [2.45, 2.75) is 96.2 Å². The molecule has 10 heteroatoms. The number of carbonyl (C=O) groups is 1. The predicted molar refractivity (Wildman–Crippen MR) is 131 cm³/mol. The van der Waals surface area contributed by atoms with Gasteiger partial charge in [-0.1, -0.05) is 63.3 Å². The van der Waals surface area contributed by atoms with E-state index in [1.807, 2.05) is 0 Å². The van der Waals surface area contributed by atoms with E-state index >= 15 is 0 Å². The Hall–Kier alpha value is -1.06. The van der Waals surface area contributed by atoms with Gasteiger partial charge in [-0.3, -0.25) is 13.8 Å². The highest BCUT2D eigenvalue weighted by atomic mass is 31.2. The Morgan fingerprint density at radius 2 is 1.44 bits per heavy atom. The lowest BCUT2D eigenvalue weighted by Gasteiger charge is -2.18. The van der Waals surface area contributed by atoms with E-state index in [9.17, 15) is 19.4 Å². The summed E-state index contributed by atoms with van der Waals surface area (Å²) in [6.07, 6.45) is 18.5. The molecule has 0 radical (unpaired) electrons. The van der Waals surface area contributed by atoms with E-state index < -0.39 is 52.4 Å². The average Bonchev–Trinajstić information content (AvgIpc) is 2.82. The van der Waals surface area contributed by atoms with Gasteiger partial charge in [0.2, 0.25) is 0 Å². The molecule has 0 saturated carbocycles. The molecule has 0 aliphatic carbocycles. The number of aliphatic hydroxyl groups is 3. The largest absolute Gasteiger partial charge is 0.472 e. The van der Waals surface area contributed by atoms with Gasteiger partial charge in [0.05, 0.1) is 26.4 Å². The molecule has 0 aromatic carbocycles. The Morgan fingerprint density at radius 3 is 2.06 bits per heavy atom. The second-order valence-corrected chi connectivity index (χ2v) is 9.63. The first-order chi connectivity index (χ1) is 16.3. The molecule has 0 saturated heterocycles. The van der Waals surface area contributed by atoms with Crippen molar-refractivity contribution in [3.63, 3.8) is 0 Å². The molecular formula is C24H45O9P. The van der Waals surface area contributed by atoms with Crippen LogP contribution in [0.15, 0.2) is 24.3 Å². The molecule has 0 aliphatic heterocycles. The van der Waals surface area contributed by atoms with Gasteiger partial charge in [0.1, 0.15) is 12.2 Å². The quantitative estimate of drug-likeness (QED) is 0.0691. The second kappa shape index (κ2) is 22.4. The summed E-state index contributed by atoms with van der Waals surface area (Å²) in [5.74, 6) is -0.516. The summed E-state index contributed by atoms with van der Waals surface area (Å²) in [4.78, 5) is 21.4. The van der Waals surface area contributed by atoms with Crippen molar-refractivity contribution >= 4 is 13.8 Å². The van der Waals surface area contributed by atoms with E-state index in [2.05, 4.69) is 40.3 Å². The summed E-state index contributed by atoms with van der Waals surface area (Å²) in [7, 11) is -4.51. The summed E-state index contributed by atoms with van der Waals surface area (Å²) < 4.78 is 25.9. The highest BCUT2D eigenvalue weighted by Gasteiger charge is 2.25. The maximum Gasteiger partial charge on any atom is 0.472 e. The van der Waals surface area contributed by atoms with Crippen LogP contribution in [0, 0.1) is 0 Å². The Bertz CT molecular complexity index is 595. The number of phosphoric acid groups is 1. The van der Waals surface area contributed by atoms with Crippen LogP contribution in [0.5, 0.6) is 0 Å². The molecule has 0 heterocycles. The van der Waals surface area contributed by atoms with Crippen molar-refractivity contribution in [3.05, 3.63) is 24.3 Å². The lowest BCUT2D eigenvalue weighted by atomic mass is 10.1. The van der Waals surface area contributed by atoms with Crippen LogP contribution in [0.1, 0.15) is 84.0 Å². The van der Waals surface area contributed by atoms with Gasteiger partial charge in [-0.05, 0) is 38.5 Å². The third-order valence-electron chi connectivity index (χ3n) is 4.90. The first-order valence-electron chi connectivity index (χ1n) is 12.4. The van der Waals surface area contributed by atoms with Crippen LogP contribution in [0.3, 0.4) is 0 Å². The van der Waals surface area contributed by atoms with Crippen molar-refractivity contribution in [1.29, 1.82) is 0 Å². The van der Waals surface area contributed by atoms with Crippen molar-refractivity contribution in [2.75, 3.05) is 26.4 Å². The maximum absolute atomic E-state index is 11.9. The zero-order valence-electron chi connectivity index (χ0n) is 20.6. The van der Waals surface area contributed by atoms with Gasteiger partial charge < -0.3 is 24.9 Å². The van der Waals surface area contributed by atoms with Crippen LogP contribution in [0.2, 0.25) is 0 Å². The minimum absolute atomic E-state index is 0.191. The molecule has 200 valence electrons. The average molecular weight is 509 g/mol. The zero-order chi connectivity index (χ0) is 25.5. The molecule has 3 atom stereocenters. The number of aliphatic hydroxyl groups excluding tert-OH is 3. The van der Waals surface area contributed by atoms with E-state index in [1.54, 1.807) is 0 Å². The summed E-state index contributed by atoms with van der Waals surface area (Å²) >= 11 is 0. The summed E-state index contributed by atoms with van der Waals surface area (Å²) in [6.45, 7) is -0.131. The van der Waals surface area contributed by atoms with Gasteiger partial charge in [-0.25, -0.2) is 4.57 Å². The molecule has 4 N–H and O–H groups in total. The standard InChI is InChI=1S/C24H45O9P/c1-2-3-4-5-6-7-8-9-10-11-12-13-14-15-16-17-24(28)33-23(19-26)21-32-34(29,30)31-20-22(27)18-25/h6-7,9-10,22-23,25-27H,2-5,8,11-21H2,1H3,(H,29,30)/b7-6-,10-9-/t22?,23-/m1/s1. The lowest BCUT2D eigenvalue weighted by Crippen LogP contribution is -2.27. The highest BCUT2D eigenvalue weighted by molar-refractivity contribution is 7.47. The monoisotopic (exact) mass is 508 g/mol. The van der Waals surface area contributed by atoms with Crippen molar-refractivity contribution in [1.82, 2.24) is 0 Å². The van der Waals surface area contributed by atoms with Gasteiger partial charge in [0.15, 0.2) is 0 Å². The van der Waals surface area contributed by atoms with Crippen LogP contribution < -0.4 is 0 Å². The smallest absolute Gasteiger partial charge is 0.457 e. The molecule has 0 aromatic heterocycles. The number of unbranched alkanes of at least 4 members (excludes halogenated alkanes) is 8. The third kappa shape index (κ3) is 21.5. The van der Waals surface area contributed by atoms with Gasteiger partial charge >= 0.3 is 13.8 Å². The third-order valence-corrected chi connectivity index (χ3v) is 5.85. The summed E-state index contributed by atoms with van der Waals surface area (Å²) in [6, 6.07) is 0. The van der Waals surface area contributed by atoms with E-state index in [4.69, 9.17) is 14.9 Å². The summed E-state index contributed by atoms with van der Waals surface area (Å²) in [5, 5.41) is 27.1. The molecule has 0 spiro atoms. The minimum atomic E-state index is -4.51. The Labute approximate surface area is 204 Å². The number of carbonyl (C=O) groups excluding carboxylic acids is 1. The number of rotatable bonds is 23. The van der Waals surface area contributed by atoms with Crippen LogP contribution in [0.25, 0.3) is 0 Å². The molecule has 34 heavy (non-hydrogen) atoms. The minimum Gasteiger partial charge on any atom is -0.457 e. The normalized spacial score (nSPS) is 15.6. The Kier molecular flexibility index (Phi) is 21.7. The van der Waals surface area contributed by atoms with E-state index in [0.29, 0.717) is 6.42 Å². The number of hydrogen-bond acceptors (Lipinski definition) is 8. The van der Waals surface area contributed by atoms with Crippen LogP contribution in [-0.4, -0.2) is 64.8 Å². The number of hydrogen-bond donors (Lipinski definition) is 4. The Balaban J connectivity index is 3.77. The van der Waals surface area contributed by atoms with E-state index in [-0.39, 0.29) is 6.42 Å². The number of allylic oxidation sites excluding steroid dienone is 4. The maximum atomic E-state index is 11.9. The molecule has 9 nitrogen and oxygen atoms in total. The van der Waals surface area contributed by atoms with E-state index in [1.165, 1.54) is 25.7 Å². The van der Waals surface area contributed by atoms with Gasteiger partial charge in [-0.2, -0.15) is 0 Å². The van der Waals surface area contributed by atoms with Crippen LogP contribution in [-0.2, 0) is 23.1 Å². The van der Waals surface area contributed by atoms with Crippen LogP contribution in [0.4, 0.5) is 0 Å². The number of esters is 1. The Morgan fingerprint density at radius 1 is 0.853 bits per heavy atom. The molecule has 2 unspecified atom stereocenters. The molecule has 0 amide bonds. The SMILES string of the molecule is CCCCC/C=C\C/C=C\CCCCCCCC(=O)O[C@H](CO)COP(=O)(O)OCC(O)CO. The molecule has 0 bridgehead atoms. The molecular weight excluding hydrogens is 463 g/mol. The molecule has 0 rings (SSSR count). The fourth-order valence-electron chi connectivity index (χ4n) is 2.90.